The van der Waals surface area contributed by atoms with Crippen molar-refractivity contribution in [3.05, 3.63) is 30.3 Å². The summed E-state index contributed by atoms with van der Waals surface area (Å²) in [6.07, 6.45) is 10.9. The number of rotatable bonds is 7. The maximum Gasteiger partial charge on any atom is 0.238 e. The minimum absolute atomic E-state index is 0.669. The van der Waals surface area contributed by atoms with Crippen LogP contribution in [0.1, 0.15) is 44.7 Å². The number of unbranched alkanes of at least 4 members (excludes halogenated alkanes) is 4. The van der Waals surface area contributed by atoms with Crippen LogP contribution >= 0.6 is 0 Å². The van der Waals surface area contributed by atoms with E-state index in [1.54, 1.807) is 11.1 Å². The topological polar surface area (TPSA) is 43.9 Å². The molecule has 2 rings (SSSR count). The Kier molecular flexibility index (Phi) is 4.36. The van der Waals surface area contributed by atoms with Crippen molar-refractivity contribution in [2.75, 3.05) is 0 Å². The minimum atomic E-state index is 0.669. The van der Waals surface area contributed by atoms with Crippen molar-refractivity contribution in [2.45, 2.75) is 45.4 Å². The maximum atomic E-state index is 5.23. The van der Waals surface area contributed by atoms with Gasteiger partial charge < -0.3 is 4.42 Å². The highest BCUT2D eigenvalue weighted by Crippen LogP contribution is 2.09. The Morgan fingerprint density at radius 2 is 2.12 bits per heavy atom. The molecule has 0 aliphatic rings. The van der Waals surface area contributed by atoms with Crippen LogP contribution in [0.25, 0.3) is 5.88 Å². The predicted molar refractivity (Wildman–Crippen MR) is 66.1 cm³/mol. The number of hydrogen-bond donors (Lipinski definition) is 0. The van der Waals surface area contributed by atoms with Gasteiger partial charge in [0.15, 0.2) is 0 Å². The predicted octanol–water partition coefficient (Wildman–Crippen LogP) is 3.37. The lowest BCUT2D eigenvalue weighted by molar-refractivity contribution is 0.497. The summed E-state index contributed by atoms with van der Waals surface area (Å²) in [5, 5.41) is 8.57. The zero-order valence-corrected chi connectivity index (χ0v) is 10.3. The second-order valence-electron chi connectivity index (χ2n) is 4.24. The van der Waals surface area contributed by atoms with E-state index in [9.17, 15) is 0 Å². The highest BCUT2D eigenvalue weighted by Gasteiger charge is 2.04. The normalized spacial score (nSPS) is 10.9. The van der Waals surface area contributed by atoms with E-state index in [1.807, 2.05) is 18.3 Å². The number of furan rings is 1. The molecule has 4 nitrogen and oxygen atoms in total. The van der Waals surface area contributed by atoms with Crippen LogP contribution in [0.5, 0.6) is 0 Å². The molecule has 0 bridgehead atoms. The molecule has 0 radical (unpaired) electrons. The molecule has 0 saturated carbocycles. The van der Waals surface area contributed by atoms with Gasteiger partial charge in [0.1, 0.15) is 0 Å². The van der Waals surface area contributed by atoms with Crippen molar-refractivity contribution in [3.63, 3.8) is 0 Å². The fourth-order valence-electron chi connectivity index (χ4n) is 1.81. The monoisotopic (exact) mass is 233 g/mol. The zero-order chi connectivity index (χ0) is 11.9. The smallest absolute Gasteiger partial charge is 0.238 e. The van der Waals surface area contributed by atoms with Crippen molar-refractivity contribution in [3.8, 4) is 5.88 Å². The lowest BCUT2D eigenvalue weighted by Crippen LogP contribution is -1.97. The first kappa shape index (κ1) is 11.9. The van der Waals surface area contributed by atoms with E-state index in [-0.39, 0.29) is 0 Å². The summed E-state index contributed by atoms with van der Waals surface area (Å²) in [6.45, 7) is 2.23. The largest absolute Gasteiger partial charge is 0.445 e. The van der Waals surface area contributed by atoms with Gasteiger partial charge >= 0.3 is 0 Å². The number of nitrogens with zero attached hydrogens (tertiary/aromatic N) is 3. The van der Waals surface area contributed by atoms with Crippen LogP contribution in [0.2, 0.25) is 0 Å². The molecule has 0 aromatic carbocycles. The van der Waals surface area contributed by atoms with Crippen molar-refractivity contribution >= 4 is 0 Å². The summed E-state index contributed by atoms with van der Waals surface area (Å²) < 4.78 is 5.23. The lowest BCUT2D eigenvalue weighted by atomic mass is 10.1. The summed E-state index contributed by atoms with van der Waals surface area (Å²) in [6, 6.07) is 3.69. The Hall–Kier alpha value is -1.58. The Bertz CT molecular complexity index is 420. The molecule has 0 spiro atoms. The summed E-state index contributed by atoms with van der Waals surface area (Å²) in [4.78, 5) is 1.54. The first-order valence-electron chi connectivity index (χ1n) is 6.35. The van der Waals surface area contributed by atoms with E-state index < -0.39 is 0 Å². The van der Waals surface area contributed by atoms with Gasteiger partial charge in [0.05, 0.1) is 18.2 Å². The van der Waals surface area contributed by atoms with Crippen LogP contribution in [-0.4, -0.2) is 15.0 Å². The van der Waals surface area contributed by atoms with Crippen LogP contribution in [-0.2, 0) is 6.42 Å². The van der Waals surface area contributed by atoms with Crippen molar-refractivity contribution in [1.82, 2.24) is 15.0 Å². The molecule has 92 valence electrons. The molecule has 0 fully saturated rings. The Morgan fingerprint density at radius 3 is 2.88 bits per heavy atom. The molecule has 2 heterocycles. The van der Waals surface area contributed by atoms with Gasteiger partial charge in [-0.25, -0.2) is 0 Å². The number of aromatic nitrogens is 3. The fourth-order valence-corrected chi connectivity index (χ4v) is 1.81. The second-order valence-corrected chi connectivity index (χ2v) is 4.24. The molecule has 0 aliphatic heterocycles. The third kappa shape index (κ3) is 3.44. The molecular weight excluding hydrogens is 214 g/mol. The SMILES string of the molecule is CCCCCCCc1cnn(-c2ccco2)n1. The van der Waals surface area contributed by atoms with Crippen LogP contribution in [0, 0.1) is 0 Å². The molecule has 0 N–H and O–H groups in total. The third-order valence-electron chi connectivity index (χ3n) is 2.78. The highest BCUT2D eigenvalue weighted by atomic mass is 16.3. The molecule has 0 saturated heterocycles. The minimum Gasteiger partial charge on any atom is -0.445 e. The standard InChI is InChI=1S/C13H19N3O/c1-2-3-4-5-6-8-12-11-14-16(15-12)13-9-7-10-17-13/h7,9-11H,2-6,8H2,1H3. The summed E-state index contributed by atoms with van der Waals surface area (Å²) in [5.41, 5.74) is 1.04. The van der Waals surface area contributed by atoms with Gasteiger partial charge in [-0.2, -0.15) is 10.2 Å². The van der Waals surface area contributed by atoms with Gasteiger partial charge in [0.2, 0.25) is 5.88 Å². The first-order chi connectivity index (χ1) is 8.40. The van der Waals surface area contributed by atoms with Crippen LogP contribution in [0.4, 0.5) is 0 Å². The van der Waals surface area contributed by atoms with E-state index in [0.29, 0.717) is 5.88 Å². The third-order valence-corrected chi connectivity index (χ3v) is 2.78. The lowest BCUT2D eigenvalue weighted by Gasteiger charge is -1.97. The Labute approximate surface area is 102 Å². The summed E-state index contributed by atoms with van der Waals surface area (Å²) >= 11 is 0. The summed E-state index contributed by atoms with van der Waals surface area (Å²) in [5.74, 6) is 0.669. The fraction of sp³-hybridized carbons (Fsp3) is 0.538. The van der Waals surface area contributed by atoms with Crippen LogP contribution < -0.4 is 0 Å². The molecule has 4 heteroatoms. The van der Waals surface area contributed by atoms with Crippen molar-refractivity contribution < 1.29 is 4.42 Å². The molecule has 0 unspecified atom stereocenters. The van der Waals surface area contributed by atoms with Gasteiger partial charge in [0.25, 0.3) is 0 Å². The zero-order valence-electron chi connectivity index (χ0n) is 10.3. The number of aryl methyl sites for hydroxylation is 1. The Morgan fingerprint density at radius 1 is 1.24 bits per heavy atom. The van der Waals surface area contributed by atoms with Gasteiger partial charge in [-0.3, -0.25) is 0 Å². The Balaban J connectivity index is 1.79. The molecule has 17 heavy (non-hydrogen) atoms. The summed E-state index contributed by atoms with van der Waals surface area (Å²) in [7, 11) is 0. The van der Waals surface area contributed by atoms with E-state index in [1.165, 1.54) is 32.1 Å². The van der Waals surface area contributed by atoms with Crippen LogP contribution in [0.3, 0.4) is 0 Å². The first-order valence-corrected chi connectivity index (χ1v) is 6.35. The highest BCUT2D eigenvalue weighted by molar-refractivity contribution is 5.13. The van der Waals surface area contributed by atoms with Crippen molar-refractivity contribution in [1.29, 1.82) is 0 Å². The molecule has 0 aliphatic carbocycles. The molecule has 2 aromatic rings. The maximum absolute atomic E-state index is 5.23. The average molecular weight is 233 g/mol. The van der Waals surface area contributed by atoms with E-state index in [0.717, 1.165) is 12.1 Å². The van der Waals surface area contributed by atoms with E-state index >= 15 is 0 Å². The van der Waals surface area contributed by atoms with E-state index in [4.69, 9.17) is 4.42 Å². The average Bonchev–Trinajstić information content (AvgIpc) is 2.99. The van der Waals surface area contributed by atoms with Gasteiger partial charge in [-0.15, -0.1) is 4.80 Å². The second kappa shape index (κ2) is 6.23. The van der Waals surface area contributed by atoms with E-state index in [2.05, 4.69) is 17.1 Å². The quantitative estimate of drug-likeness (QED) is 0.689. The molecule has 2 aromatic heterocycles. The molecular formula is C13H19N3O. The molecule has 0 amide bonds. The van der Waals surface area contributed by atoms with Gasteiger partial charge in [-0.1, -0.05) is 32.6 Å². The van der Waals surface area contributed by atoms with Crippen LogP contribution in [0.15, 0.2) is 29.0 Å². The van der Waals surface area contributed by atoms with Gasteiger partial charge in [-0.05, 0) is 18.9 Å². The van der Waals surface area contributed by atoms with Crippen molar-refractivity contribution in [2.24, 2.45) is 0 Å². The van der Waals surface area contributed by atoms with Gasteiger partial charge in [0, 0.05) is 6.07 Å². The number of hydrogen-bond acceptors (Lipinski definition) is 3. The molecule has 0 atom stereocenters.